The zero-order valence-corrected chi connectivity index (χ0v) is 19.6. The summed E-state index contributed by atoms with van der Waals surface area (Å²) in [5.41, 5.74) is -0.521. The Morgan fingerprint density at radius 3 is 2.29 bits per heavy atom. The van der Waals surface area contributed by atoms with Gasteiger partial charge < -0.3 is 33.1 Å². The molecule has 0 aliphatic heterocycles. The highest BCUT2D eigenvalue weighted by molar-refractivity contribution is 5.77. The first-order valence-corrected chi connectivity index (χ1v) is 10.3. The average molecular weight is 445 g/mol. The first-order chi connectivity index (χ1) is 14.5. The molecular weight excluding hydrogens is 408 g/mol. The van der Waals surface area contributed by atoms with E-state index in [1.54, 1.807) is 13.1 Å². The van der Waals surface area contributed by atoms with Gasteiger partial charge in [0.2, 0.25) is 0 Å². The molecule has 1 amide bonds. The summed E-state index contributed by atoms with van der Waals surface area (Å²) in [7, 11) is 3.00. The highest BCUT2D eigenvalue weighted by Gasteiger charge is 2.29. The number of methoxy groups -OCH3 is 1. The SMILES string of the molecule is COC(=O)C(c1cc(OCCOCCOCCN(C)C(=O)OC(C)(C)C)no1)C(C)C. The van der Waals surface area contributed by atoms with Crippen LogP contribution in [0.2, 0.25) is 0 Å². The van der Waals surface area contributed by atoms with E-state index in [0.717, 1.165) is 0 Å². The summed E-state index contributed by atoms with van der Waals surface area (Å²) in [6, 6.07) is 1.59. The number of hydrogen-bond acceptors (Lipinski definition) is 9. The molecule has 1 heterocycles. The topological polar surface area (TPSA) is 110 Å². The number of nitrogens with zero attached hydrogens (tertiary/aromatic N) is 2. The molecule has 0 saturated heterocycles. The summed E-state index contributed by atoms with van der Waals surface area (Å²) in [5, 5.41) is 3.82. The number of hydrogen-bond donors (Lipinski definition) is 0. The summed E-state index contributed by atoms with van der Waals surface area (Å²) >= 11 is 0. The molecular formula is C21H36N2O8. The number of carbonyl (C=O) groups is 2. The van der Waals surface area contributed by atoms with E-state index in [1.165, 1.54) is 12.0 Å². The summed E-state index contributed by atoms with van der Waals surface area (Å²) in [5.74, 6) is -0.214. The number of carbonyl (C=O) groups excluding carboxylic acids is 2. The van der Waals surface area contributed by atoms with Gasteiger partial charge in [0.05, 0.1) is 33.5 Å². The lowest BCUT2D eigenvalue weighted by Crippen LogP contribution is -2.36. The van der Waals surface area contributed by atoms with Gasteiger partial charge in [-0.3, -0.25) is 4.79 Å². The predicted molar refractivity (Wildman–Crippen MR) is 112 cm³/mol. The van der Waals surface area contributed by atoms with Crippen molar-refractivity contribution in [1.29, 1.82) is 0 Å². The van der Waals surface area contributed by atoms with Crippen LogP contribution in [0.3, 0.4) is 0 Å². The van der Waals surface area contributed by atoms with Crippen LogP contribution in [0.25, 0.3) is 0 Å². The Kier molecular flexibility index (Phi) is 11.3. The van der Waals surface area contributed by atoms with Crippen LogP contribution >= 0.6 is 0 Å². The van der Waals surface area contributed by atoms with E-state index in [2.05, 4.69) is 5.16 Å². The van der Waals surface area contributed by atoms with Crippen LogP contribution in [0.15, 0.2) is 10.6 Å². The number of aromatic nitrogens is 1. The van der Waals surface area contributed by atoms with E-state index in [9.17, 15) is 9.59 Å². The van der Waals surface area contributed by atoms with Gasteiger partial charge in [-0.15, -0.1) is 0 Å². The van der Waals surface area contributed by atoms with Crippen molar-refractivity contribution < 1.29 is 37.8 Å². The molecule has 1 unspecified atom stereocenters. The molecule has 0 N–H and O–H groups in total. The van der Waals surface area contributed by atoms with E-state index in [1.807, 2.05) is 34.6 Å². The minimum absolute atomic E-state index is 0.000469. The van der Waals surface area contributed by atoms with Crippen LogP contribution in [-0.4, -0.2) is 81.5 Å². The fraction of sp³-hybridized carbons (Fsp3) is 0.762. The standard InChI is InChI=1S/C21H36N2O8/c1-15(2)18(19(24)26-7)16-14-17(22-31-16)29-13-12-28-11-10-27-9-8-23(6)20(25)30-21(3,4)5/h14-15,18H,8-13H2,1-7H3. The van der Waals surface area contributed by atoms with Gasteiger partial charge in [-0.2, -0.15) is 0 Å². The lowest BCUT2D eigenvalue weighted by atomic mass is 9.93. The van der Waals surface area contributed by atoms with Gasteiger partial charge in [0.25, 0.3) is 5.88 Å². The zero-order chi connectivity index (χ0) is 23.4. The van der Waals surface area contributed by atoms with Crippen LogP contribution in [0.4, 0.5) is 4.79 Å². The van der Waals surface area contributed by atoms with Gasteiger partial charge >= 0.3 is 12.1 Å². The fourth-order valence-corrected chi connectivity index (χ4v) is 2.49. The fourth-order valence-electron chi connectivity index (χ4n) is 2.49. The monoisotopic (exact) mass is 444 g/mol. The number of ether oxygens (including phenoxy) is 5. The van der Waals surface area contributed by atoms with Crippen molar-refractivity contribution in [2.75, 3.05) is 53.7 Å². The molecule has 0 fully saturated rings. The molecule has 0 bridgehead atoms. The molecule has 1 rings (SSSR count). The maximum absolute atomic E-state index is 11.9. The number of rotatable bonds is 13. The van der Waals surface area contributed by atoms with Crippen molar-refractivity contribution >= 4 is 12.1 Å². The van der Waals surface area contributed by atoms with Gasteiger partial charge in [-0.05, 0) is 31.8 Å². The molecule has 10 nitrogen and oxygen atoms in total. The smallest absolute Gasteiger partial charge is 0.410 e. The maximum atomic E-state index is 11.9. The molecule has 31 heavy (non-hydrogen) atoms. The summed E-state index contributed by atoms with van der Waals surface area (Å²) in [6.45, 7) is 11.5. The average Bonchev–Trinajstić information content (AvgIpc) is 3.12. The second-order valence-corrected chi connectivity index (χ2v) is 8.29. The Balaban J connectivity index is 2.15. The van der Waals surface area contributed by atoms with Crippen molar-refractivity contribution in [2.45, 2.75) is 46.1 Å². The summed E-state index contributed by atoms with van der Waals surface area (Å²) < 4.78 is 31.7. The van der Waals surface area contributed by atoms with Crippen LogP contribution in [-0.2, 0) is 23.7 Å². The third-order valence-corrected chi connectivity index (χ3v) is 4.06. The van der Waals surface area contributed by atoms with E-state index >= 15 is 0 Å². The molecule has 0 aliphatic rings. The quantitative estimate of drug-likeness (QED) is 0.335. The second-order valence-electron chi connectivity index (χ2n) is 8.29. The number of likely N-dealkylation sites (N-methyl/N-ethyl adjacent to an activating group) is 1. The van der Waals surface area contributed by atoms with Crippen LogP contribution in [0, 0.1) is 5.92 Å². The second kappa shape index (κ2) is 13.2. The van der Waals surface area contributed by atoms with Gasteiger partial charge in [-0.1, -0.05) is 13.8 Å². The first kappa shape index (κ1) is 26.7. The highest BCUT2D eigenvalue weighted by atomic mass is 16.6. The van der Waals surface area contributed by atoms with E-state index < -0.39 is 11.5 Å². The normalized spacial score (nSPS) is 12.5. The zero-order valence-electron chi connectivity index (χ0n) is 19.6. The molecule has 0 radical (unpaired) electrons. The van der Waals surface area contributed by atoms with Crippen molar-refractivity contribution in [3.63, 3.8) is 0 Å². The first-order valence-electron chi connectivity index (χ1n) is 10.3. The minimum Gasteiger partial charge on any atom is -0.473 e. The minimum atomic E-state index is -0.530. The molecule has 0 spiro atoms. The largest absolute Gasteiger partial charge is 0.473 e. The maximum Gasteiger partial charge on any atom is 0.410 e. The molecule has 0 aromatic carbocycles. The Morgan fingerprint density at radius 2 is 1.71 bits per heavy atom. The van der Waals surface area contributed by atoms with Gasteiger partial charge in [-0.25, -0.2) is 4.79 Å². The molecule has 1 aromatic rings. The van der Waals surface area contributed by atoms with Gasteiger partial charge in [0.1, 0.15) is 18.1 Å². The Hall–Kier alpha value is -2.33. The lowest BCUT2D eigenvalue weighted by Gasteiger charge is -2.24. The molecule has 10 heteroatoms. The summed E-state index contributed by atoms with van der Waals surface area (Å²) in [6.07, 6.45) is -0.383. The van der Waals surface area contributed by atoms with E-state index in [0.29, 0.717) is 38.7 Å². The Morgan fingerprint density at radius 1 is 1.10 bits per heavy atom. The summed E-state index contributed by atoms with van der Waals surface area (Å²) in [4.78, 5) is 25.2. The predicted octanol–water partition coefficient (Wildman–Crippen LogP) is 2.87. The van der Waals surface area contributed by atoms with Gasteiger partial charge in [0.15, 0.2) is 5.76 Å². The van der Waals surface area contributed by atoms with Crippen molar-refractivity contribution in [3.8, 4) is 5.88 Å². The van der Waals surface area contributed by atoms with E-state index in [4.69, 9.17) is 28.2 Å². The number of esters is 1. The molecule has 1 aromatic heterocycles. The molecule has 1 atom stereocenters. The number of amides is 1. The molecule has 0 saturated carbocycles. The van der Waals surface area contributed by atoms with Crippen molar-refractivity contribution in [1.82, 2.24) is 10.1 Å². The van der Waals surface area contributed by atoms with Crippen LogP contribution in [0.1, 0.15) is 46.3 Å². The van der Waals surface area contributed by atoms with Gasteiger partial charge in [0, 0.05) is 19.7 Å². The Labute approximate surface area is 184 Å². The highest BCUT2D eigenvalue weighted by Crippen LogP contribution is 2.28. The lowest BCUT2D eigenvalue weighted by molar-refractivity contribution is -0.144. The third-order valence-electron chi connectivity index (χ3n) is 4.06. The van der Waals surface area contributed by atoms with Crippen molar-refractivity contribution in [3.05, 3.63) is 11.8 Å². The molecule has 0 aliphatic carbocycles. The molecule has 178 valence electrons. The van der Waals surface area contributed by atoms with Crippen LogP contribution in [0.5, 0.6) is 5.88 Å². The van der Waals surface area contributed by atoms with Crippen LogP contribution < -0.4 is 4.74 Å². The Bertz CT molecular complexity index is 669. The third kappa shape index (κ3) is 10.5. The van der Waals surface area contributed by atoms with Crippen molar-refractivity contribution in [2.24, 2.45) is 5.92 Å². The van der Waals surface area contributed by atoms with E-state index in [-0.39, 0.29) is 30.5 Å².